The lowest BCUT2D eigenvalue weighted by molar-refractivity contribution is -0.114. The summed E-state index contributed by atoms with van der Waals surface area (Å²) in [6, 6.07) is 8.01. The van der Waals surface area contributed by atoms with Gasteiger partial charge in [-0.05, 0) is 30.0 Å². The molecule has 2 heteroatoms. The molecule has 0 saturated carbocycles. The lowest BCUT2D eigenvalue weighted by Gasteiger charge is -1.99. The highest BCUT2D eigenvalue weighted by molar-refractivity contribution is 7.98. The summed E-state index contributed by atoms with van der Waals surface area (Å²) in [7, 11) is 0. The molecule has 0 fully saturated rings. The van der Waals surface area contributed by atoms with Crippen molar-refractivity contribution in [3.05, 3.63) is 42.5 Å². The Morgan fingerprint density at radius 1 is 1.46 bits per heavy atom. The predicted octanol–water partition coefficient (Wildman–Crippen LogP) is 2.71. The minimum atomic E-state index is 0.0666. The van der Waals surface area contributed by atoms with Crippen molar-refractivity contribution in [3.63, 3.8) is 0 Å². The molecule has 0 heterocycles. The first-order valence-corrected chi connectivity index (χ1v) is 5.27. The highest BCUT2D eigenvalue weighted by Gasteiger charge is 1.98. The van der Waals surface area contributed by atoms with Crippen LogP contribution in [-0.2, 0) is 11.2 Å². The van der Waals surface area contributed by atoms with E-state index in [1.54, 1.807) is 11.8 Å². The molecule has 0 aliphatic carbocycles. The highest BCUT2D eigenvalue weighted by Crippen LogP contribution is 2.15. The first-order chi connectivity index (χ1) is 6.26. The molecule has 0 radical (unpaired) electrons. The molecule has 0 saturated heterocycles. The maximum atomic E-state index is 11.0. The minimum absolute atomic E-state index is 0.0666. The molecule has 0 bridgehead atoms. The van der Waals surface area contributed by atoms with E-state index in [2.05, 4.69) is 6.58 Å². The number of carbonyl (C=O) groups is 1. The molecule has 1 aromatic rings. The van der Waals surface area contributed by atoms with Gasteiger partial charge < -0.3 is 0 Å². The molecule has 1 nitrogen and oxygen atoms in total. The summed E-state index contributed by atoms with van der Waals surface area (Å²) in [6.07, 6.45) is 3.85. The van der Waals surface area contributed by atoms with E-state index in [0.717, 1.165) is 5.56 Å². The summed E-state index contributed by atoms with van der Waals surface area (Å²) in [4.78, 5) is 12.2. The maximum Gasteiger partial charge on any atom is 0.159 e. The Labute approximate surface area is 82.9 Å². The van der Waals surface area contributed by atoms with Crippen molar-refractivity contribution in [2.75, 3.05) is 6.26 Å². The smallest absolute Gasteiger partial charge is 0.159 e. The Kier molecular flexibility index (Phi) is 3.77. The van der Waals surface area contributed by atoms with E-state index >= 15 is 0 Å². The molecule has 68 valence electrons. The zero-order chi connectivity index (χ0) is 9.68. The van der Waals surface area contributed by atoms with Crippen LogP contribution in [0.5, 0.6) is 0 Å². The Bertz CT molecular complexity index is 300. The number of rotatable bonds is 4. The second-order valence-corrected chi connectivity index (χ2v) is 3.57. The van der Waals surface area contributed by atoms with Gasteiger partial charge in [-0.15, -0.1) is 11.8 Å². The van der Waals surface area contributed by atoms with Crippen LogP contribution in [0, 0.1) is 0 Å². The number of benzene rings is 1. The van der Waals surface area contributed by atoms with Gasteiger partial charge in [0.25, 0.3) is 0 Å². The van der Waals surface area contributed by atoms with Crippen LogP contribution in [0.4, 0.5) is 0 Å². The van der Waals surface area contributed by atoms with Crippen LogP contribution in [0.25, 0.3) is 0 Å². The topological polar surface area (TPSA) is 17.1 Å². The summed E-state index contributed by atoms with van der Waals surface area (Å²) in [5.74, 6) is 0.0666. The molecule has 0 aromatic heterocycles. The molecule has 0 aliphatic heterocycles. The van der Waals surface area contributed by atoms with Crippen LogP contribution >= 0.6 is 11.8 Å². The van der Waals surface area contributed by atoms with E-state index in [1.807, 2.05) is 30.5 Å². The molecular weight excluding hydrogens is 180 g/mol. The Morgan fingerprint density at radius 2 is 2.08 bits per heavy atom. The second-order valence-electron chi connectivity index (χ2n) is 2.70. The molecule has 0 aliphatic rings. The van der Waals surface area contributed by atoms with E-state index in [4.69, 9.17) is 0 Å². The lowest BCUT2D eigenvalue weighted by atomic mass is 10.1. The quantitative estimate of drug-likeness (QED) is 0.539. The number of ketones is 1. The van der Waals surface area contributed by atoms with Crippen LogP contribution in [0.2, 0.25) is 0 Å². The van der Waals surface area contributed by atoms with Gasteiger partial charge in [0.15, 0.2) is 5.78 Å². The third kappa shape index (κ3) is 3.07. The zero-order valence-corrected chi connectivity index (χ0v) is 8.43. The van der Waals surface area contributed by atoms with Crippen molar-refractivity contribution in [2.24, 2.45) is 0 Å². The summed E-state index contributed by atoms with van der Waals surface area (Å²) >= 11 is 1.70. The zero-order valence-electron chi connectivity index (χ0n) is 7.62. The van der Waals surface area contributed by atoms with Gasteiger partial charge in [0.2, 0.25) is 0 Å². The van der Waals surface area contributed by atoms with Crippen molar-refractivity contribution in [1.29, 1.82) is 0 Å². The molecule has 0 unspecified atom stereocenters. The van der Waals surface area contributed by atoms with E-state index < -0.39 is 0 Å². The monoisotopic (exact) mass is 192 g/mol. The fraction of sp³-hybridized carbons (Fsp3) is 0.182. The van der Waals surface area contributed by atoms with Crippen molar-refractivity contribution in [3.8, 4) is 0 Å². The van der Waals surface area contributed by atoms with Gasteiger partial charge in [-0.2, -0.15) is 0 Å². The third-order valence-electron chi connectivity index (χ3n) is 1.77. The van der Waals surface area contributed by atoms with Gasteiger partial charge in [0, 0.05) is 11.3 Å². The van der Waals surface area contributed by atoms with Gasteiger partial charge in [0.1, 0.15) is 0 Å². The average molecular weight is 192 g/mol. The normalized spacial score (nSPS) is 9.62. The maximum absolute atomic E-state index is 11.0. The number of hydrogen-bond acceptors (Lipinski definition) is 2. The minimum Gasteiger partial charge on any atom is -0.295 e. The SMILES string of the molecule is C=CC(=O)Cc1ccc(SC)cc1. The van der Waals surface area contributed by atoms with Crippen molar-refractivity contribution >= 4 is 17.5 Å². The van der Waals surface area contributed by atoms with E-state index in [0.29, 0.717) is 6.42 Å². The van der Waals surface area contributed by atoms with Crippen LogP contribution in [0.15, 0.2) is 41.8 Å². The summed E-state index contributed by atoms with van der Waals surface area (Å²) in [6.45, 7) is 3.44. The molecule has 13 heavy (non-hydrogen) atoms. The second kappa shape index (κ2) is 4.87. The van der Waals surface area contributed by atoms with Gasteiger partial charge in [-0.1, -0.05) is 18.7 Å². The number of thioether (sulfide) groups is 1. The largest absolute Gasteiger partial charge is 0.295 e. The molecular formula is C11H12OS. The Balaban J connectivity index is 2.69. The standard InChI is InChI=1S/C11H12OS/c1-3-10(12)8-9-4-6-11(13-2)7-5-9/h3-7H,1,8H2,2H3. The fourth-order valence-electron chi connectivity index (χ4n) is 1.02. The van der Waals surface area contributed by atoms with Crippen molar-refractivity contribution in [2.45, 2.75) is 11.3 Å². The lowest BCUT2D eigenvalue weighted by Crippen LogP contribution is -1.97. The van der Waals surface area contributed by atoms with Crippen LogP contribution in [-0.4, -0.2) is 12.0 Å². The van der Waals surface area contributed by atoms with E-state index in [9.17, 15) is 4.79 Å². The predicted molar refractivity (Wildman–Crippen MR) is 57.1 cm³/mol. The molecule has 0 amide bonds. The summed E-state index contributed by atoms with van der Waals surface area (Å²) in [5, 5.41) is 0. The first kappa shape index (κ1) is 10.1. The van der Waals surface area contributed by atoms with Crippen LogP contribution in [0.1, 0.15) is 5.56 Å². The fourth-order valence-corrected chi connectivity index (χ4v) is 1.42. The first-order valence-electron chi connectivity index (χ1n) is 4.04. The van der Waals surface area contributed by atoms with Crippen molar-refractivity contribution in [1.82, 2.24) is 0 Å². The Morgan fingerprint density at radius 3 is 2.54 bits per heavy atom. The van der Waals surface area contributed by atoms with Gasteiger partial charge in [-0.3, -0.25) is 4.79 Å². The third-order valence-corrected chi connectivity index (χ3v) is 2.51. The van der Waals surface area contributed by atoms with E-state index in [-0.39, 0.29) is 5.78 Å². The van der Waals surface area contributed by atoms with Gasteiger partial charge in [-0.25, -0.2) is 0 Å². The summed E-state index contributed by atoms with van der Waals surface area (Å²) < 4.78 is 0. The summed E-state index contributed by atoms with van der Waals surface area (Å²) in [5.41, 5.74) is 1.04. The molecule has 1 aromatic carbocycles. The molecule has 1 rings (SSSR count). The average Bonchev–Trinajstić information content (AvgIpc) is 2.19. The van der Waals surface area contributed by atoms with Crippen LogP contribution in [0.3, 0.4) is 0 Å². The number of carbonyl (C=O) groups excluding carboxylic acids is 1. The van der Waals surface area contributed by atoms with E-state index in [1.165, 1.54) is 11.0 Å². The Hall–Kier alpha value is -1.02. The number of allylic oxidation sites excluding steroid dienone is 1. The molecule has 0 spiro atoms. The van der Waals surface area contributed by atoms with Crippen LogP contribution < -0.4 is 0 Å². The highest BCUT2D eigenvalue weighted by atomic mass is 32.2. The van der Waals surface area contributed by atoms with Gasteiger partial charge >= 0.3 is 0 Å². The van der Waals surface area contributed by atoms with Crippen molar-refractivity contribution < 1.29 is 4.79 Å². The molecule has 0 N–H and O–H groups in total. The van der Waals surface area contributed by atoms with Gasteiger partial charge in [0.05, 0.1) is 0 Å². The molecule has 0 atom stereocenters. The number of hydrogen-bond donors (Lipinski definition) is 0.